The molecule has 2 N–H and O–H groups in total. The SMILES string of the molecule is Brc1cncnc1Nc1cccc2c1CCNC2. The molecule has 2 aromatic rings. The zero-order valence-electron chi connectivity index (χ0n) is 9.78. The molecule has 5 heteroatoms. The normalized spacial score (nSPS) is 14.1. The number of halogens is 1. The predicted octanol–water partition coefficient (Wildman–Crippen LogP) is 2.63. The van der Waals surface area contributed by atoms with Gasteiger partial charge in [0.05, 0.1) is 4.47 Å². The molecule has 0 saturated heterocycles. The molecule has 18 heavy (non-hydrogen) atoms. The molecule has 0 radical (unpaired) electrons. The molecule has 2 heterocycles. The molecule has 1 aliphatic heterocycles. The Hall–Kier alpha value is -1.46. The van der Waals surface area contributed by atoms with Crippen molar-refractivity contribution in [1.82, 2.24) is 15.3 Å². The Balaban J connectivity index is 1.96. The van der Waals surface area contributed by atoms with Crippen molar-refractivity contribution in [2.45, 2.75) is 13.0 Å². The summed E-state index contributed by atoms with van der Waals surface area (Å²) in [6, 6.07) is 6.34. The number of fused-ring (bicyclic) bond motifs is 1. The van der Waals surface area contributed by atoms with Gasteiger partial charge >= 0.3 is 0 Å². The van der Waals surface area contributed by atoms with Crippen molar-refractivity contribution in [1.29, 1.82) is 0 Å². The van der Waals surface area contributed by atoms with Crippen LogP contribution in [-0.2, 0) is 13.0 Å². The maximum Gasteiger partial charge on any atom is 0.148 e. The summed E-state index contributed by atoms with van der Waals surface area (Å²) < 4.78 is 0.872. The molecular weight excluding hydrogens is 292 g/mol. The molecule has 0 spiro atoms. The van der Waals surface area contributed by atoms with Gasteiger partial charge in [-0.2, -0.15) is 0 Å². The zero-order chi connectivity index (χ0) is 12.4. The van der Waals surface area contributed by atoms with Gasteiger partial charge in [0, 0.05) is 18.4 Å². The van der Waals surface area contributed by atoms with Crippen molar-refractivity contribution < 1.29 is 0 Å². The fraction of sp³-hybridized carbons (Fsp3) is 0.231. The number of hydrogen-bond donors (Lipinski definition) is 2. The van der Waals surface area contributed by atoms with E-state index < -0.39 is 0 Å². The minimum atomic E-state index is 0.803. The summed E-state index contributed by atoms with van der Waals surface area (Å²) in [5, 5.41) is 6.76. The largest absolute Gasteiger partial charge is 0.339 e. The Morgan fingerprint density at radius 3 is 3.17 bits per heavy atom. The van der Waals surface area contributed by atoms with E-state index >= 15 is 0 Å². The fourth-order valence-electron chi connectivity index (χ4n) is 2.18. The van der Waals surface area contributed by atoms with E-state index in [0.717, 1.165) is 35.5 Å². The Kier molecular flexibility index (Phi) is 3.25. The van der Waals surface area contributed by atoms with Crippen LogP contribution in [0.1, 0.15) is 11.1 Å². The van der Waals surface area contributed by atoms with Gasteiger partial charge in [-0.05, 0) is 46.1 Å². The number of hydrogen-bond acceptors (Lipinski definition) is 4. The highest BCUT2D eigenvalue weighted by Gasteiger charge is 2.13. The standard InChI is InChI=1S/C13H13BrN4/c14-11-7-16-8-17-13(11)18-12-3-1-2-9-6-15-5-4-10(9)12/h1-3,7-8,15H,4-6H2,(H,16,17,18). The van der Waals surface area contributed by atoms with Gasteiger partial charge in [0.15, 0.2) is 0 Å². The molecule has 1 aromatic carbocycles. The smallest absolute Gasteiger partial charge is 0.148 e. The lowest BCUT2D eigenvalue weighted by Gasteiger charge is -2.21. The first kappa shape index (κ1) is 11.6. The van der Waals surface area contributed by atoms with Crippen LogP contribution in [0, 0.1) is 0 Å². The quantitative estimate of drug-likeness (QED) is 0.895. The van der Waals surface area contributed by atoms with Gasteiger partial charge in [0.1, 0.15) is 12.1 Å². The lowest BCUT2D eigenvalue weighted by molar-refractivity contribution is 0.645. The van der Waals surface area contributed by atoms with Crippen LogP contribution in [0.2, 0.25) is 0 Å². The molecule has 0 saturated carbocycles. The number of nitrogens with zero attached hydrogens (tertiary/aromatic N) is 2. The van der Waals surface area contributed by atoms with Crippen LogP contribution in [0.15, 0.2) is 35.2 Å². The van der Waals surface area contributed by atoms with Gasteiger partial charge < -0.3 is 10.6 Å². The maximum atomic E-state index is 4.24. The number of aromatic nitrogens is 2. The third-order valence-corrected chi connectivity index (χ3v) is 3.64. The Morgan fingerprint density at radius 1 is 1.33 bits per heavy atom. The monoisotopic (exact) mass is 304 g/mol. The Bertz CT molecular complexity index is 571. The molecule has 0 bridgehead atoms. The van der Waals surface area contributed by atoms with Crippen LogP contribution in [0.3, 0.4) is 0 Å². The molecule has 0 aliphatic carbocycles. The second-order valence-corrected chi connectivity index (χ2v) is 5.07. The van der Waals surface area contributed by atoms with E-state index in [1.165, 1.54) is 11.1 Å². The lowest BCUT2D eigenvalue weighted by atomic mass is 9.99. The van der Waals surface area contributed by atoms with E-state index in [2.05, 4.69) is 54.7 Å². The maximum absolute atomic E-state index is 4.24. The third-order valence-electron chi connectivity index (χ3n) is 3.06. The first-order valence-electron chi connectivity index (χ1n) is 5.88. The summed E-state index contributed by atoms with van der Waals surface area (Å²) in [4.78, 5) is 8.20. The number of nitrogens with one attached hydrogen (secondary N) is 2. The molecule has 4 nitrogen and oxygen atoms in total. The minimum Gasteiger partial charge on any atom is -0.339 e. The highest BCUT2D eigenvalue weighted by atomic mass is 79.9. The summed E-state index contributed by atoms with van der Waals surface area (Å²) in [5.74, 6) is 0.803. The topological polar surface area (TPSA) is 49.8 Å². The third kappa shape index (κ3) is 2.23. The van der Waals surface area contributed by atoms with E-state index in [9.17, 15) is 0 Å². The van der Waals surface area contributed by atoms with Crippen LogP contribution >= 0.6 is 15.9 Å². The predicted molar refractivity (Wildman–Crippen MR) is 74.9 cm³/mol. The lowest BCUT2D eigenvalue weighted by Crippen LogP contribution is -2.24. The minimum absolute atomic E-state index is 0.803. The van der Waals surface area contributed by atoms with E-state index in [4.69, 9.17) is 0 Å². The fourth-order valence-corrected chi connectivity index (χ4v) is 2.50. The highest BCUT2D eigenvalue weighted by molar-refractivity contribution is 9.10. The second kappa shape index (κ2) is 5.04. The molecule has 0 fully saturated rings. The Labute approximate surface area is 114 Å². The molecule has 0 amide bonds. The van der Waals surface area contributed by atoms with E-state index in [-0.39, 0.29) is 0 Å². The molecule has 92 valence electrons. The van der Waals surface area contributed by atoms with Gasteiger partial charge in [-0.25, -0.2) is 9.97 Å². The average Bonchev–Trinajstić information content (AvgIpc) is 2.42. The van der Waals surface area contributed by atoms with E-state index in [1.54, 1.807) is 12.5 Å². The van der Waals surface area contributed by atoms with Gasteiger partial charge in [0.2, 0.25) is 0 Å². The molecule has 1 aromatic heterocycles. The van der Waals surface area contributed by atoms with E-state index in [0.29, 0.717) is 0 Å². The molecule has 3 rings (SSSR count). The first-order valence-corrected chi connectivity index (χ1v) is 6.68. The van der Waals surface area contributed by atoms with Crippen LogP contribution < -0.4 is 10.6 Å². The van der Waals surface area contributed by atoms with Crippen molar-refractivity contribution in [3.63, 3.8) is 0 Å². The highest BCUT2D eigenvalue weighted by Crippen LogP contribution is 2.28. The van der Waals surface area contributed by atoms with Crippen molar-refractivity contribution in [3.8, 4) is 0 Å². The van der Waals surface area contributed by atoms with Crippen LogP contribution in [0.25, 0.3) is 0 Å². The first-order chi connectivity index (χ1) is 8.84. The number of anilines is 2. The zero-order valence-corrected chi connectivity index (χ0v) is 11.4. The second-order valence-electron chi connectivity index (χ2n) is 4.21. The summed E-state index contributed by atoms with van der Waals surface area (Å²) in [7, 11) is 0. The van der Waals surface area contributed by atoms with Gasteiger partial charge in [-0.1, -0.05) is 12.1 Å². The van der Waals surface area contributed by atoms with Crippen LogP contribution in [0.5, 0.6) is 0 Å². The van der Waals surface area contributed by atoms with Gasteiger partial charge in [-0.15, -0.1) is 0 Å². The average molecular weight is 305 g/mol. The number of benzene rings is 1. The van der Waals surface area contributed by atoms with Crippen molar-refractivity contribution >= 4 is 27.4 Å². The molecule has 1 aliphatic rings. The number of rotatable bonds is 2. The molecule has 0 unspecified atom stereocenters. The van der Waals surface area contributed by atoms with Crippen molar-refractivity contribution in [2.75, 3.05) is 11.9 Å². The van der Waals surface area contributed by atoms with Gasteiger partial charge in [-0.3, -0.25) is 0 Å². The van der Waals surface area contributed by atoms with Gasteiger partial charge in [0.25, 0.3) is 0 Å². The molecular formula is C13H13BrN4. The van der Waals surface area contributed by atoms with Crippen LogP contribution in [0.4, 0.5) is 11.5 Å². The van der Waals surface area contributed by atoms with Crippen molar-refractivity contribution in [2.24, 2.45) is 0 Å². The summed E-state index contributed by atoms with van der Waals surface area (Å²) in [6.07, 6.45) is 4.33. The summed E-state index contributed by atoms with van der Waals surface area (Å²) >= 11 is 3.45. The molecule has 0 atom stereocenters. The summed E-state index contributed by atoms with van der Waals surface area (Å²) in [6.45, 7) is 1.96. The van der Waals surface area contributed by atoms with E-state index in [1.807, 2.05) is 0 Å². The summed E-state index contributed by atoms with van der Waals surface area (Å²) in [5.41, 5.74) is 3.87. The van der Waals surface area contributed by atoms with Crippen molar-refractivity contribution in [3.05, 3.63) is 46.3 Å². The van der Waals surface area contributed by atoms with Crippen LogP contribution in [-0.4, -0.2) is 16.5 Å². The Morgan fingerprint density at radius 2 is 2.28 bits per heavy atom.